The molecule has 3 heteroatoms. The second-order valence-electron chi connectivity index (χ2n) is 3.99. The van der Waals surface area contributed by atoms with Crippen molar-refractivity contribution >= 4 is 0 Å². The molecule has 0 heterocycles. The summed E-state index contributed by atoms with van der Waals surface area (Å²) in [6, 6.07) is 0.357. The van der Waals surface area contributed by atoms with Crippen LogP contribution >= 0.6 is 0 Å². The molecule has 78 valence electrons. The minimum atomic E-state index is 0.300. The molecule has 0 aromatic heterocycles. The van der Waals surface area contributed by atoms with E-state index < -0.39 is 0 Å². The van der Waals surface area contributed by atoms with E-state index in [1.165, 1.54) is 0 Å². The largest absolute Gasteiger partial charge is 0.376 e. The van der Waals surface area contributed by atoms with Crippen LogP contribution in [0.25, 0.3) is 0 Å². The third-order valence-electron chi connectivity index (χ3n) is 2.31. The molecular weight excluding hydrogens is 166 g/mol. The Balaban J connectivity index is 1.94. The van der Waals surface area contributed by atoms with Gasteiger partial charge in [-0.15, -0.1) is 0 Å². The number of nitrogens with two attached hydrogens (primary N) is 1. The van der Waals surface area contributed by atoms with Crippen molar-refractivity contribution in [2.45, 2.75) is 51.4 Å². The summed E-state index contributed by atoms with van der Waals surface area (Å²) in [6.45, 7) is 5.47. The number of hydrogen-bond acceptors (Lipinski definition) is 3. The summed E-state index contributed by atoms with van der Waals surface area (Å²) in [6.07, 6.45) is 3.92. The standard InChI is InChI=1S/C10H21NO2/c1-8(2)12-5-6-13-10-4-3-9(11)7-10/h8-10H,3-7,11H2,1-2H3. The lowest BCUT2D eigenvalue weighted by Gasteiger charge is -2.12. The van der Waals surface area contributed by atoms with Crippen molar-refractivity contribution in [3.63, 3.8) is 0 Å². The van der Waals surface area contributed by atoms with Gasteiger partial charge in [0.1, 0.15) is 0 Å². The maximum absolute atomic E-state index is 5.77. The highest BCUT2D eigenvalue weighted by atomic mass is 16.5. The van der Waals surface area contributed by atoms with Crippen LogP contribution in [0.4, 0.5) is 0 Å². The van der Waals surface area contributed by atoms with Crippen molar-refractivity contribution in [1.29, 1.82) is 0 Å². The molecule has 3 nitrogen and oxygen atoms in total. The zero-order chi connectivity index (χ0) is 9.68. The zero-order valence-corrected chi connectivity index (χ0v) is 8.66. The van der Waals surface area contributed by atoms with E-state index in [1.807, 2.05) is 13.8 Å². The lowest BCUT2D eigenvalue weighted by molar-refractivity contribution is -0.0103. The number of hydrogen-bond donors (Lipinski definition) is 1. The van der Waals surface area contributed by atoms with E-state index in [2.05, 4.69) is 0 Å². The van der Waals surface area contributed by atoms with E-state index in [9.17, 15) is 0 Å². The van der Waals surface area contributed by atoms with Gasteiger partial charge in [0.25, 0.3) is 0 Å². The van der Waals surface area contributed by atoms with Gasteiger partial charge in [0.2, 0.25) is 0 Å². The Bertz CT molecular complexity index is 139. The summed E-state index contributed by atoms with van der Waals surface area (Å²) in [5.41, 5.74) is 5.77. The Morgan fingerprint density at radius 2 is 2.08 bits per heavy atom. The van der Waals surface area contributed by atoms with Crippen molar-refractivity contribution in [3.05, 3.63) is 0 Å². The lowest BCUT2D eigenvalue weighted by atomic mass is 10.3. The highest BCUT2D eigenvalue weighted by molar-refractivity contribution is 4.77. The minimum Gasteiger partial charge on any atom is -0.376 e. The first kappa shape index (κ1) is 11.0. The van der Waals surface area contributed by atoms with Crippen molar-refractivity contribution in [3.8, 4) is 0 Å². The average molecular weight is 187 g/mol. The van der Waals surface area contributed by atoms with Crippen molar-refractivity contribution < 1.29 is 9.47 Å². The van der Waals surface area contributed by atoms with Gasteiger partial charge in [-0.05, 0) is 33.1 Å². The van der Waals surface area contributed by atoms with E-state index in [-0.39, 0.29) is 0 Å². The number of rotatable bonds is 5. The first-order valence-corrected chi connectivity index (χ1v) is 5.17. The van der Waals surface area contributed by atoms with Crippen molar-refractivity contribution in [2.75, 3.05) is 13.2 Å². The Kier molecular flexibility index (Phi) is 4.70. The smallest absolute Gasteiger partial charge is 0.0704 e. The molecule has 0 aromatic carbocycles. The SMILES string of the molecule is CC(C)OCCOC1CCC(N)C1. The molecule has 0 saturated heterocycles. The quantitative estimate of drug-likeness (QED) is 0.660. The molecule has 0 radical (unpaired) electrons. The van der Waals surface area contributed by atoms with Crippen LogP contribution in [0.1, 0.15) is 33.1 Å². The molecule has 2 N–H and O–H groups in total. The third kappa shape index (κ3) is 4.60. The molecule has 2 unspecified atom stereocenters. The maximum Gasteiger partial charge on any atom is 0.0704 e. The zero-order valence-electron chi connectivity index (χ0n) is 8.66. The molecule has 1 fully saturated rings. The first-order chi connectivity index (χ1) is 6.18. The summed E-state index contributed by atoms with van der Waals surface area (Å²) in [4.78, 5) is 0. The van der Waals surface area contributed by atoms with Crippen LogP contribution in [0.3, 0.4) is 0 Å². The van der Waals surface area contributed by atoms with E-state index >= 15 is 0 Å². The van der Waals surface area contributed by atoms with Gasteiger partial charge in [0, 0.05) is 6.04 Å². The topological polar surface area (TPSA) is 44.5 Å². The Hall–Kier alpha value is -0.120. The van der Waals surface area contributed by atoms with Gasteiger partial charge in [-0.25, -0.2) is 0 Å². The molecule has 1 aliphatic rings. The van der Waals surface area contributed by atoms with Crippen LogP contribution in [0, 0.1) is 0 Å². The molecule has 13 heavy (non-hydrogen) atoms. The summed E-state index contributed by atoms with van der Waals surface area (Å²) < 4.78 is 11.0. The van der Waals surface area contributed by atoms with Crippen LogP contribution in [-0.4, -0.2) is 31.5 Å². The fourth-order valence-electron chi connectivity index (χ4n) is 1.62. The molecule has 1 aliphatic carbocycles. The molecular formula is C10H21NO2. The Morgan fingerprint density at radius 3 is 2.62 bits per heavy atom. The summed E-state index contributed by atoms with van der Waals surface area (Å²) in [5, 5.41) is 0. The van der Waals surface area contributed by atoms with Gasteiger partial charge in [0.15, 0.2) is 0 Å². The molecule has 1 saturated carbocycles. The van der Waals surface area contributed by atoms with Gasteiger partial charge in [0.05, 0.1) is 25.4 Å². The normalized spacial score (nSPS) is 28.6. The van der Waals surface area contributed by atoms with Crippen molar-refractivity contribution in [1.82, 2.24) is 0 Å². The van der Waals surface area contributed by atoms with Crippen LogP contribution < -0.4 is 5.73 Å². The van der Waals surface area contributed by atoms with Crippen LogP contribution in [0.2, 0.25) is 0 Å². The molecule has 2 atom stereocenters. The average Bonchev–Trinajstić information content (AvgIpc) is 2.45. The fourth-order valence-corrected chi connectivity index (χ4v) is 1.62. The highest BCUT2D eigenvalue weighted by Crippen LogP contribution is 2.19. The summed E-state index contributed by atoms with van der Waals surface area (Å²) >= 11 is 0. The Morgan fingerprint density at radius 1 is 1.31 bits per heavy atom. The summed E-state index contributed by atoms with van der Waals surface area (Å²) in [5.74, 6) is 0. The van der Waals surface area contributed by atoms with Gasteiger partial charge < -0.3 is 15.2 Å². The second kappa shape index (κ2) is 5.58. The maximum atomic E-state index is 5.77. The fraction of sp³-hybridized carbons (Fsp3) is 1.00. The van der Waals surface area contributed by atoms with Gasteiger partial charge >= 0.3 is 0 Å². The predicted octanol–water partition coefficient (Wildman–Crippen LogP) is 1.31. The van der Waals surface area contributed by atoms with Gasteiger partial charge in [-0.1, -0.05) is 0 Å². The van der Waals surface area contributed by atoms with Crippen LogP contribution in [0.15, 0.2) is 0 Å². The molecule has 0 amide bonds. The van der Waals surface area contributed by atoms with E-state index in [1.54, 1.807) is 0 Å². The third-order valence-corrected chi connectivity index (χ3v) is 2.31. The molecule has 0 aromatic rings. The van der Waals surface area contributed by atoms with Crippen molar-refractivity contribution in [2.24, 2.45) is 5.73 Å². The minimum absolute atomic E-state index is 0.300. The molecule has 0 bridgehead atoms. The first-order valence-electron chi connectivity index (χ1n) is 5.17. The molecule has 0 spiro atoms. The van der Waals surface area contributed by atoms with E-state index in [0.717, 1.165) is 19.3 Å². The highest BCUT2D eigenvalue weighted by Gasteiger charge is 2.21. The van der Waals surface area contributed by atoms with Crippen LogP contribution in [0.5, 0.6) is 0 Å². The predicted molar refractivity (Wildman–Crippen MR) is 52.7 cm³/mol. The summed E-state index contributed by atoms with van der Waals surface area (Å²) in [7, 11) is 0. The number of ether oxygens (including phenoxy) is 2. The lowest BCUT2D eigenvalue weighted by Crippen LogP contribution is -2.19. The van der Waals surface area contributed by atoms with E-state index in [0.29, 0.717) is 31.5 Å². The van der Waals surface area contributed by atoms with Crippen LogP contribution in [-0.2, 0) is 9.47 Å². The van der Waals surface area contributed by atoms with E-state index in [4.69, 9.17) is 15.2 Å². The van der Waals surface area contributed by atoms with Gasteiger partial charge in [-0.3, -0.25) is 0 Å². The molecule has 1 rings (SSSR count). The Labute approximate surface area is 80.6 Å². The monoisotopic (exact) mass is 187 g/mol. The second-order valence-corrected chi connectivity index (χ2v) is 3.99. The van der Waals surface area contributed by atoms with Gasteiger partial charge in [-0.2, -0.15) is 0 Å². The molecule has 0 aliphatic heterocycles.